The van der Waals surface area contributed by atoms with E-state index in [1.807, 2.05) is 13.0 Å². The number of nitrogens with zero attached hydrogens (tertiary/aromatic N) is 1. The summed E-state index contributed by atoms with van der Waals surface area (Å²) in [6.45, 7) is 4.06. The van der Waals surface area contributed by atoms with Crippen LogP contribution in [0.15, 0.2) is 18.3 Å². The summed E-state index contributed by atoms with van der Waals surface area (Å²) in [5.41, 5.74) is 1.34. The van der Waals surface area contributed by atoms with E-state index in [1.54, 1.807) is 19.4 Å². The molecule has 1 aromatic rings. The van der Waals surface area contributed by atoms with E-state index in [-0.39, 0.29) is 5.91 Å². The third-order valence-corrected chi connectivity index (χ3v) is 2.18. The molecule has 0 aliphatic carbocycles. The Balaban J connectivity index is 2.47. The Morgan fingerprint density at radius 1 is 1.53 bits per heavy atom. The predicted molar refractivity (Wildman–Crippen MR) is 67.2 cm³/mol. The number of methoxy groups -OCH3 is 1. The van der Waals surface area contributed by atoms with Gasteiger partial charge < -0.3 is 15.4 Å². The van der Waals surface area contributed by atoms with Crippen LogP contribution in [0.1, 0.15) is 23.8 Å². The molecule has 2 N–H and O–H groups in total. The first-order valence-electron chi connectivity index (χ1n) is 5.75. The average molecular weight is 237 g/mol. The molecule has 0 fully saturated rings. The Morgan fingerprint density at radius 3 is 3.06 bits per heavy atom. The molecule has 0 saturated heterocycles. The summed E-state index contributed by atoms with van der Waals surface area (Å²) < 4.78 is 4.90. The molecule has 1 amide bonds. The topological polar surface area (TPSA) is 63.2 Å². The van der Waals surface area contributed by atoms with Gasteiger partial charge in [-0.05, 0) is 25.5 Å². The highest BCUT2D eigenvalue weighted by atomic mass is 16.5. The van der Waals surface area contributed by atoms with E-state index in [9.17, 15) is 4.79 Å². The zero-order valence-corrected chi connectivity index (χ0v) is 10.3. The molecule has 0 aromatic carbocycles. The Morgan fingerprint density at radius 2 is 2.35 bits per heavy atom. The summed E-state index contributed by atoms with van der Waals surface area (Å²) >= 11 is 0. The van der Waals surface area contributed by atoms with Crippen LogP contribution in [-0.2, 0) is 4.74 Å². The SMILES string of the molecule is CCNc1ccnc(C(=O)NCCCOC)c1. The van der Waals surface area contributed by atoms with Gasteiger partial charge in [-0.15, -0.1) is 0 Å². The van der Waals surface area contributed by atoms with Crippen molar-refractivity contribution in [2.75, 3.05) is 32.1 Å². The summed E-state index contributed by atoms with van der Waals surface area (Å²) in [6.07, 6.45) is 2.43. The van der Waals surface area contributed by atoms with Crippen LogP contribution in [0, 0.1) is 0 Å². The van der Waals surface area contributed by atoms with E-state index in [0.717, 1.165) is 18.7 Å². The molecule has 1 heterocycles. The van der Waals surface area contributed by atoms with Gasteiger partial charge in [0.05, 0.1) is 0 Å². The fourth-order valence-electron chi connectivity index (χ4n) is 1.38. The lowest BCUT2D eigenvalue weighted by Gasteiger charge is -2.06. The Labute approximate surface area is 102 Å². The first-order chi connectivity index (χ1) is 8.27. The molecule has 17 heavy (non-hydrogen) atoms. The highest BCUT2D eigenvalue weighted by molar-refractivity contribution is 5.93. The number of hydrogen-bond donors (Lipinski definition) is 2. The fraction of sp³-hybridized carbons (Fsp3) is 0.500. The predicted octanol–water partition coefficient (Wildman–Crippen LogP) is 1.28. The number of carbonyl (C=O) groups is 1. The zero-order valence-electron chi connectivity index (χ0n) is 10.3. The van der Waals surface area contributed by atoms with E-state index in [4.69, 9.17) is 4.74 Å². The van der Waals surface area contributed by atoms with E-state index in [2.05, 4.69) is 15.6 Å². The van der Waals surface area contributed by atoms with E-state index < -0.39 is 0 Å². The number of ether oxygens (including phenoxy) is 1. The van der Waals surface area contributed by atoms with E-state index >= 15 is 0 Å². The van der Waals surface area contributed by atoms with Gasteiger partial charge in [0, 0.05) is 38.7 Å². The van der Waals surface area contributed by atoms with Crippen molar-refractivity contribution in [2.45, 2.75) is 13.3 Å². The number of anilines is 1. The van der Waals surface area contributed by atoms with Gasteiger partial charge >= 0.3 is 0 Å². The molecule has 0 saturated carbocycles. The number of pyridine rings is 1. The van der Waals surface area contributed by atoms with Gasteiger partial charge in [0.25, 0.3) is 5.91 Å². The van der Waals surface area contributed by atoms with Crippen molar-refractivity contribution < 1.29 is 9.53 Å². The van der Waals surface area contributed by atoms with Gasteiger partial charge in [0.1, 0.15) is 5.69 Å². The van der Waals surface area contributed by atoms with Gasteiger partial charge in [-0.1, -0.05) is 0 Å². The standard InChI is InChI=1S/C12H19N3O2/c1-3-13-10-5-7-14-11(9-10)12(16)15-6-4-8-17-2/h5,7,9H,3-4,6,8H2,1-2H3,(H,13,14)(H,15,16). The maximum absolute atomic E-state index is 11.7. The third-order valence-electron chi connectivity index (χ3n) is 2.18. The number of aromatic nitrogens is 1. The Kier molecular flexibility index (Phi) is 6.03. The number of nitrogens with one attached hydrogen (secondary N) is 2. The average Bonchev–Trinajstić information content (AvgIpc) is 2.35. The lowest BCUT2D eigenvalue weighted by atomic mass is 10.3. The van der Waals surface area contributed by atoms with Crippen molar-refractivity contribution in [3.63, 3.8) is 0 Å². The van der Waals surface area contributed by atoms with Crippen molar-refractivity contribution in [1.29, 1.82) is 0 Å². The highest BCUT2D eigenvalue weighted by Gasteiger charge is 2.06. The Hall–Kier alpha value is -1.62. The second-order valence-corrected chi connectivity index (χ2v) is 3.56. The quantitative estimate of drug-likeness (QED) is 0.701. The highest BCUT2D eigenvalue weighted by Crippen LogP contribution is 2.07. The first-order valence-corrected chi connectivity index (χ1v) is 5.75. The van der Waals surface area contributed by atoms with Crippen LogP contribution in [0.4, 0.5) is 5.69 Å². The molecule has 5 heteroatoms. The number of rotatable bonds is 7. The molecular formula is C12H19N3O2. The van der Waals surface area contributed by atoms with Gasteiger partial charge in [0.2, 0.25) is 0 Å². The van der Waals surface area contributed by atoms with Crippen LogP contribution < -0.4 is 10.6 Å². The molecule has 0 aliphatic rings. The molecular weight excluding hydrogens is 218 g/mol. The normalized spacial score (nSPS) is 10.0. The van der Waals surface area contributed by atoms with Crippen molar-refractivity contribution >= 4 is 11.6 Å². The van der Waals surface area contributed by atoms with E-state index in [1.165, 1.54) is 0 Å². The van der Waals surface area contributed by atoms with Gasteiger partial charge in [-0.2, -0.15) is 0 Å². The van der Waals surface area contributed by atoms with E-state index in [0.29, 0.717) is 18.8 Å². The molecule has 0 radical (unpaired) electrons. The molecule has 0 aliphatic heterocycles. The van der Waals surface area contributed by atoms with Gasteiger partial charge in [-0.3, -0.25) is 9.78 Å². The summed E-state index contributed by atoms with van der Waals surface area (Å²) in [4.78, 5) is 15.8. The second kappa shape index (κ2) is 7.62. The number of hydrogen-bond acceptors (Lipinski definition) is 4. The van der Waals surface area contributed by atoms with Crippen molar-refractivity contribution in [2.24, 2.45) is 0 Å². The lowest BCUT2D eigenvalue weighted by Crippen LogP contribution is -2.26. The molecule has 1 rings (SSSR count). The lowest BCUT2D eigenvalue weighted by molar-refractivity contribution is 0.0943. The van der Waals surface area contributed by atoms with Gasteiger partial charge in [0.15, 0.2) is 0 Å². The molecule has 5 nitrogen and oxygen atoms in total. The van der Waals surface area contributed by atoms with Crippen LogP contribution in [0.25, 0.3) is 0 Å². The summed E-state index contributed by atoms with van der Waals surface area (Å²) in [5, 5.41) is 5.93. The van der Waals surface area contributed by atoms with Crippen LogP contribution in [-0.4, -0.2) is 37.7 Å². The van der Waals surface area contributed by atoms with Crippen LogP contribution in [0.3, 0.4) is 0 Å². The van der Waals surface area contributed by atoms with Crippen molar-refractivity contribution in [3.05, 3.63) is 24.0 Å². The minimum Gasteiger partial charge on any atom is -0.385 e. The second-order valence-electron chi connectivity index (χ2n) is 3.56. The summed E-state index contributed by atoms with van der Waals surface area (Å²) in [5.74, 6) is -0.152. The maximum atomic E-state index is 11.7. The molecule has 0 unspecified atom stereocenters. The van der Waals surface area contributed by atoms with Crippen molar-refractivity contribution in [1.82, 2.24) is 10.3 Å². The third kappa shape index (κ3) is 4.82. The summed E-state index contributed by atoms with van der Waals surface area (Å²) in [6, 6.07) is 3.58. The molecule has 0 atom stereocenters. The molecule has 0 spiro atoms. The first kappa shape index (κ1) is 13.4. The largest absolute Gasteiger partial charge is 0.385 e. The molecule has 0 bridgehead atoms. The summed E-state index contributed by atoms with van der Waals surface area (Å²) in [7, 11) is 1.64. The Bertz CT molecular complexity index is 355. The fourth-order valence-corrected chi connectivity index (χ4v) is 1.38. The van der Waals surface area contributed by atoms with Gasteiger partial charge in [-0.25, -0.2) is 0 Å². The zero-order chi connectivity index (χ0) is 12.5. The monoisotopic (exact) mass is 237 g/mol. The van der Waals surface area contributed by atoms with Crippen molar-refractivity contribution in [3.8, 4) is 0 Å². The number of carbonyl (C=O) groups excluding carboxylic acids is 1. The minimum absolute atomic E-state index is 0.152. The molecule has 94 valence electrons. The smallest absolute Gasteiger partial charge is 0.269 e. The van der Waals surface area contributed by atoms with Crippen LogP contribution >= 0.6 is 0 Å². The van der Waals surface area contributed by atoms with Crippen LogP contribution in [0.2, 0.25) is 0 Å². The molecule has 1 aromatic heterocycles. The van der Waals surface area contributed by atoms with Crippen LogP contribution in [0.5, 0.6) is 0 Å². The number of amides is 1. The maximum Gasteiger partial charge on any atom is 0.269 e. The minimum atomic E-state index is -0.152.